The zero-order valence-corrected chi connectivity index (χ0v) is 19.8. The Morgan fingerprint density at radius 2 is 1.97 bits per heavy atom. The number of carbonyl (C=O) groups excluding carboxylic acids is 1. The van der Waals surface area contributed by atoms with Crippen LogP contribution in [-0.2, 0) is 16.1 Å². The lowest BCUT2D eigenvalue weighted by atomic mass is 9.88. The predicted molar refractivity (Wildman–Crippen MR) is 123 cm³/mol. The van der Waals surface area contributed by atoms with Gasteiger partial charge in [-0.3, -0.25) is 9.89 Å². The van der Waals surface area contributed by atoms with E-state index in [9.17, 15) is 4.79 Å². The Bertz CT molecular complexity index is 518. The Hall–Kier alpha value is -1.44. The van der Waals surface area contributed by atoms with Crippen molar-refractivity contribution in [1.82, 2.24) is 25.3 Å². The topological polar surface area (TPSA) is 73.5 Å². The Balaban J connectivity index is 0.000000325. The molecule has 1 aromatic rings. The highest BCUT2D eigenvalue weighted by atomic mass is 16.5. The molecular weight excluding hydrogens is 378 g/mol. The molecule has 2 rings (SSSR count). The van der Waals surface area contributed by atoms with Crippen molar-refractivity contribution in [2.24, 2.45) is 5.92 Å². The smallest absolute Gasteiger partial charge is 0.225 e. The maximum absolute atomic E-state index is 12.5. The molecule has 30 heavy (non-hydrogen) atoms. The number of rotatable bonds is 13. The number of H-pyrrole nitrogens is 1. The van der Waals surface area contributed by atoms with E-state index in [4.69, 9.17) is 4.74 Å². The molecular formula is C23H45N5O2. The summed E-state index contributed by atoms with van der Waals surface area (Å²) < 4.78 is 5.08. The SMILES string of the molecule is CCCCN(CCCOC)C(=O)C1CCCCC1.CNCCN(C)Cc1cn[nH]c1. The highest BCUT2D eigenvalue weighted by Gasteiger charge is 2.25. The van der Waals surface area contributed by atoms with Crippen molar-refractivity contribution in [2.45, 2.75) is 64.8 Å². The van der Waals surface area contributed by atoms with Crippen molar-refractivity contribution < 1.29 is 9.53 Å². The Labute approximate surface area is 183 Å². The van der Waals surface area contributed by atoms with Gasteiger partial charge in [0.25, 0.3) is 0 Å². The minimum Gasteiger partial charge on any atom is -0.385 e. The van der Waals surface area contributed by atoms with E-state index in [1.54, 1.807) is 7.11 Å². The van der Waals surface area contributed by atoms with Crippen LogP contribution in [0.15, 0.2) is 12.4 Å². The molecule has 0 atom stereocenters. The summed E-state index contributed by atoms with van der Waals surface area (Å²) in [5, 5.41) is 9.80. The summed E-state index contributed by atoms with van der Waals surface area (Å²) >= 11 is 0. The molecule has 0 aromatic carbocycles. The number of hydrogen-bond acceptors (Lipinski definition) is 5. The molecule has 1 heterocycles. The molecule has 1 fully saturated rings. The molecule has 0 aliphatic heterocycles. The first-order chi connectivity index (χ1) is 14.6. The first-order valence-corrected chi connectivity index (χ1v) is 11.7. The number of ether oxygens (including phenoxy) is 1. The molecule has 7 nitrogen and oxygen atoms in total. The summed E-state index contributed by atoms with van der Waals surface area (Å²) in [6, 6.07) is 0. The molecule has 0 spiro atoms. The predicted octanol–water partition coefficient (Wildman–Crippen LogP) is 3.29. The maximum Gasteiger partial charge on any atom is 0.225 e. The molecule has 1 saturated carbocycles. The highest BCUT2D eigenvalue weighted by molar-refractivity contribution is 5.78. The van der Waals surface area contributed by atoms with Crippen molar-refractivity contribution in [3.63, 3.8) is 0 Å². The van der Waals surface area contributed by atoms with Gasteiger partial charge in [-0.05, 0) is 39.8 Å². The third-order valence-electron chi connectivity index (χ3n) is 5.58. The van der Waals surface area contributed by atoms with E-state index in [1.165, 1.54) is 24.8 Å². The van der Waals surface area contributed by atoms with Crippen molar-refractivity contribution in [3.8, 4) is 0 Å². The second-order valence-electron chi connectivity index (χ2n) is 8.31. The molecule has 2 N–H and O–H groups in total. The molecule has 0 bridgehead atoms. The van der Waals surface area contributed by atoms with Gasteiger partial charge in [0.05, 0.1) is 6.20 Å². The maximum atomic E-state index is 12.5. The number of aromatic nitrogens is 2. The third-order valence-corrected chi connectivity index (χ3v) is 5.58. The largest absolute Gasteiger partial charge is 0.385 e. The summed E-state index contributed by atoms with van der Waals surface area (Å²) in [6.07, 6.45) is 13.0. The van der Waals surface area contributed by atoms with E-state index in [2.05, 4.69) is 39.3 Å². The quantitative estimate of drug-likeness (QED) is 0.476. The van der Waals surface area contributed by atoms with Gasteiger partial charge in [0.2, 0.25) is 5.91 Å². The standard InChI is InChI=1S/C15H29NO2.C8H16N4/c1-3-4-11-16(12-8-13-18-2)15(17)14-9-6-5-7-10-14;1-9-3-4-12(2)7-8-5-10-11-6-8/h14H,3-13H2,1-2H3;5-6,9H,3-4,7H2,1-2H3,(H,10,11). The number of nitrogens with zero attached hydrogens (tertiary/aromatic N) is 3. The molecule has 7 heteroatoms. The average molecular weight is 424 g/mol. The van der Waals surface area contributed by atoms with Crippen LogP contribution in [0.3, 0.4) is 0 Å². The molecule has 1 amide bonds. The zero-order valence-electron chi connectivity index (χ0n) is 19.8. The minimum atomic E-state index is 0.304. The number of unbranched alkanes of at least 4 members (excludes halogenated alkanes) is 1. The Morgan fingerprint density at radius 3 is 2.57 bits per heavy atom. The van der Waals surface area contributed by atoms with Gasteiger partial charge in [-0.25, -0.2) is 0 Å². The van der Waals surface area contributed by atoms with Crippen LogP contribution >= 0.6 is 0 Å². The number of aromatic amines is 1. The van der Waals surface area contributed by atoms with E-state index in [0.29, 0.717) is 11.8 Å². The molecule has 174 valence electrons. The first kappa shape index (κ1) is 26.6. The third kappa shape index (κ3) is 11.7. The Kier molecular flexibility index (Phi) is 15.3. The first-order valence-electron chi connectivity index (χ1n) is 11.7. The van der Waals surface area contributed by atoms with E-state index in [0.717, 1.165) is 71.4 Å². The molecule has 0 radical (unpaired) electrons. The van der Waals surface area contributed by atoms with E-state index < -0.39 is 0 Å². The number of methoxy groups -OCH3 is 1. The van der Waals surface area contributed by atoms with Crippen LogP contribution in [0, 0.1) is 5.92 Å². The molecule has 0 unspecified atom stereocenters. The number of nitrogens with one attached hydrogen (secondary N) is 2. The lowest BCUT2D eigenvalue weighted by Gasteiger charge is -2.29. The molecule has 1 aromatic heterocycles. The van der Waals surface area contributed by atoms with Crippen LogP contribution in [0.1, 0.15) is 63.9 Å². The van der Waals surface area contributed by atoms with Gasteiger partial charge in [0.1, 0.15) is 0 Å². The van der Waals surface area contributed by atoms with Crippen LogP contribution in [0.4, 0.5) is 0 Å². The van der Waals surface area contributed by atoms with Gasteiger partial charge in [-0.1, -0.05) is 32.6 Å². The van der Waals surface area contributed by atoms with Crippen molar-refractivity contribution in [1.29, 1.82) is 0 Å². The van der Waals surface area contributed by atoms with E-state index >= 15 is 0 Å². The highest BCUT2D eigenvalue weighted by Crippen LogP contribution is 2.25. The van der Waals surface area contributed by atoms with Gasteiger partial charge >= 0.3 is 0 Å². The monoisotopic (exact) mass is 423 g/mol. The number of amides is 1. The van der Waals surface area contributed by atoms with Crippen LogP contribution in [-0.4, -0.2) is 79.9 Å². The van der Waals surface area contributed by atoms with Gasteiger partial charge in [0, 0.05) is 64.1 Å². The summed E-state index contributed by atoms with van der Waals surface area (Å²) in [5.41, 5.74) is 1.23. The fourth-order valence-electron chi connectivity index (χ4n) is 3.75. The van der Waals surface area contributed by atoms with E-state index in [-0.39, 0.29) is 0 Å². The van der Waals surface area contributed by atoms with Crippen LogP contribution in [0.2, 0.25) is 0 Å². The van der Waals surface area contributed by atoms with Crippen molar-refractivity contribution >= 4 is 5.91 Å². The lowest BCUT2D eigenvalue weighted by Crippen LogP contribution is -2.38. The summed E-state index contributed by atoms with van der Waals surface area (Å²) in [4.78, 5) is 16.8. The minimum absolute atomic E-state index is 0.304. The van der Waals surface area contributed by atoms with Crippen molar-refractivity contribution in [2.75, 3.05) is 54.0 Å². The van der Waals surface area contributed by atoms with Crippen molar-refractivity contribution in [3.05, 3.63) is 18.0 Å². The molecule has 0 saturated heterocycles. The van der Waals surface area contributed by atoms with Crippen LogP contribution in [0.5, 0.6) is 0 Å². The summed E-state index contributed by atoms with van der Waals surface area (Å²) in [7, 11) is 5.79. The zero-order chi connectivity index (χ0) is 22.0. The Morgan fingerprint density at radius 1 is 1.23 bits per heavy atom. The van der Waals surface area contributed by atoms with Crippen LogP contribution in [0.25, 0.3) is 0 Å². The number of carbonyl (C=O) groups is 1. The fourth-order valence-corrected chi connectivity index (χ4v) is 3.75. The second kappa shape index (κ2) is 17.3. The average Bonchev–Trinajstić information content (AvgIpc) is 3.28. The van der Waals surface area contributed by atoms with Gasteiger partial charge < -0.3 is 19.9 Å². The van der Waals surface area contributed by atoms with E-state index in [1.807, 2.05) is 19.4 Å². The molecule has 1 aliphatic carbocycles. The summed E-state index contributed by atoms with van der Waals surface area (Å²) in [6.45, 7) is 7.76. The second-order valence-corrected chi connectivity index (χ2v) is 8.31. The van der Waals surface area contributed by atoms with Gasteiger partial charge in [0.15, 0.2) is 0 Å². The number of likely N-dealkylation sites (N-methyl/N-ethyl adjacent to an activating group) is 2. The lowest BCUT2D eigenvalue weighted by molar-refractivity contribution is -0.136. The van der Waals surface area contributed by atoms with Gasteiger partial charge in [-0.15, -0.1) is 0 Å². The fraction of sp³-hybridized carbons (Fsp3) is 0.826. The number of hydrogen-bond donors (Lipinski definition) is 2. The molecule has 1 aliphatic rings. The van der Waals surface area contributed by atoms with Crippen LogP contribution < -0.4 is 5.32 Å². The van der Waals surface area contributed by atoms with Gasteiger partial charge in [-0.2, -0.15) is 5.10 Å². The normalized spacial score (nSPS) is 14.4. The summed E-state index contributed by atoms with van der Waals surface area (Å²) in [5.74, 6) is 0.706.